The molecular formula is C13H18BrN3O6S. The third-order valence-electron chi connectivity index (χ3n) is 3.02. The monoisotopic (exact) mass is 423 g/mol. The molecule has 0 radical (unpaired) electrons. The van der Waals surface area contributed by atoms with Gasteiger partial charge in [0.1, 0.15) is 0 Å². The van der Waals surface area contributed by atoms with Gasteiger partial charge in [0, 0.05) is 37.6 Å². The molecule has 0 saturated carbocycles. The number of alkyl halides is 1. The van der Waals surface area contributed by atoms with E-state index < -0.39 is 20.9 Å². The van der Waals surface area contributed by atoms with Crippen LogP contribution in [0.4, 0.5) is 11.4 Å². The summed E-state index contributed by atoms with van der Waals surface area (Å²) in [5.74, 6) is -0.475. The van der Waals surface area contributed by atoms with E-state index in [1.165, 1.54) is 25.2 Å². The molecular weight excluding hydrogens is 406 g/mol. The van der Waals surface area contributed by atoms with Crippen LogP contribution in [0, 0.1) is 10.1 Å². The Hall–Kier alpha value is -1.72. The zero-order valence-electron chi connectivity index (χ0n) is 13.2. The Labute approximate surface area is 148 Å². The maximum absolute atomic E-state index is 12.1. The lowest BCUT2D eigenvalue weighted by atomic mass is 10.1. The van der Waals surface area contributed by atoms with E-state index in [0.29, 0.717) is 17.6 Å². The highest BCUT2D eigenvalue weighted by atomic mass is 79.9. The van der Waals surface area contributed by atoms with Crippen LogP contribution < -0.4 is 10.2 Å². The first-order chi connectivity index (χ1) is 11.2. The van der Waals surface area contributed by atoms with Crippen molar-refractivity contribution in [1.29, 1.82) is 0 Å². The van der Waals surface area contributed by atoms with Crippen LogP contribution in [-0.4, -0.2) is 57.6 Å². The number of nitro groups is 1. The second kappa shape index (κ2) is 8.94. The van der Waals surface area contributed by atoms with Crippen molar-refractivity contribution in [2.24, 2.45) is 0 Å². The second-order valence-electron chi connectivity index (χ2n) is 4.74. The zero-order chi connectivity index (χ0) is 18.3. The molecule has 0 heterocycles. The minimum absolute atomic E-state index is 0.101. The van der Waals surface area contributed by atoms with Gasteiger partial charge in [0.2, 0.25) is 0 Å². The molecule has 0 fully saturated rings. The molecule has 0 unspecified atom stereocenters. The molecule has 1 rings (SSSR count). The van der Waals surface area contributed by atoms with Crippen LogP contribution in [0.2, 0.25) is 0 Å². The minimum Gasteiger partial charge on any atom is -0.368 e. The second-order valence-corrected chi connectivity index (χ2v) is 7.18. The fourth-order valence-electron chi connectivity index (χ4n) is 1.98. The van der Waals surface area contributed by atoms with E-state index in [0.717, 1.165) is 6.26 Å². The van der Waals surface area contributed by atoms with Crippen molar-refractivity contribution in [3.05, 3.63) is 33.9 Å². The van der Waals surface area contributed by atoms with Crippen LogP contribution in [0.5, 0.6) is 0 Å². The maximum Gasteiger partial charge on any atom is 0.270 e. The molecule has 0 saturated heterocycles. The fourth-order valence-corrected chi connectivity index (χ4v) is 2.79. The van der Waals surface area contributed by atoms with Crippen molar-refractivity contribution < 1.29 is 22.3 Å². The van der Waals surface area contributed by atoms with E-state index in [1.54, 1.807) is 4.90 Å². The van der Waals surface area contributed by atoms with Gasteiger partial charge in [-0.25, -0.2) is 0 Å². The number of nitrogens with one attached hydrogen (secondary N) is 1. The molecule has 11 heteroatoms. The summed E-state index contributed by atoms with van der Waals surface area (Å²) in [5, 5.41) is 13.9. The van der Waals surface area contributed by atoms with Crippen molar-refractivity contribution in [2.45, 2.75) is 0 Å². The van der Waals surface area contributed by atoms with Crippen LogP contribution >= 0.6 is 15.9 Å². The summed E-state index contributed by atoms with van der Waals surface area (Å²) in [6, 6.07) is 3.94. The topological polar surface area (TPSA) is 119 Å². The van der Waals surface area contributed by atoms with Gasteiger partial charge in [-0.05, 0) is 6.07 Å². The molecule has 1 aromatic rings. The number of hydrogen-bond donors (Lipinski definition) is 1. The lowest BCUT2D eigenvalue weighted by molar-refractivity contribution is -0.384. The predicted octanol–water partition coefficient (Wildman–Crippen LogP) is 1.13. The van der Waals surface area contributed by atoms with Crippen molar-refractivity contribution in [1.82, 2.24) is 5.32 Å². The SMILES string of the molecule is CNC(=O)c1cc([N+](=O)[O-])ccc1N(CCBr)CCOS(C)(=O)=O. The molecule has 0 aliphatic carbocycles. The Balaban J connectivity index is 3.16. The third kappa shape index (κ3) is 6.06. The molecule has 0 spiro atoms. The Kier molecular flexibility index (Phi) is 7.58. The summed E-state index contributed by atoms with van der Waals surface area (Å²) in [6.07, 6.45) is 0.948. The molecule has 1 aromatic carbocycles. The molecule has 1 amide bonds. The van der Waals surface area contributed by atoms with Gasteiger partial charge < -0.3 is 10.2 Å². The van der Waals surface area contributed by atoms with Gasteiger partial charge in [0.15, 0.2) is 0 Å². The predicted molar refractivity (Wildman–Crippen MR) is 93.3 cm³/mol. The Morgan fingerprint density at radius 1 is 1.42 bits per heavy atom. The first-order valence-corrected chi connectivity index (χ1v) is 9.79. The molecule has 0 aliphatic heterocycles. The number of anilines is 1. The summed E-state index contributed by atoms with van der Waals surface area (Å²) in [7, 11) is -2.15. The van der Waals surface area contributed by atoms with E-state index in [1.807, 2.05) is 0 Å². The number of carbonyl (C=O) groups excluding carboxylic acids is 1. The van der Waals surface area contributed by atoms with Gasteiger partial charge in [0.25, 0.3) is 21.7 Å². The van der Waals surface area contributed by atoms with Crippen LogP contribution in [0.15, 0.2) is 18.2 Å². The normalized spacial score (nSPS) is 11.1. The summed E-state index contributed by atoms with van der Waals surface area (Å²) in [6.45, 7) is 0.547. The molecule has 0 atom stereocenters. The average Bonchev–Trinajstić information content (AvgIpc) is 2.51. The standard InChI is InChI=1S/C13H18BrN3O6S/c1-15-13(18)11-9-10(17(19)20)3-4-12(11)16(6-5-14)7-8-23-24(2,21)22/h3-4,9H,5-8H2,1-2H3,(H,15,18). The molecule has 134 valence electrons. The number of nitro benzene ring substituents is 1. The number of rotatable bonds is 9. The molecule has 0 aliphatic rings. The van der Waals surface area contributed by atoms with Gasteiger partial charge in [-0.2, -0.15) is 8.42 Å². The van der Waals surface area contributed by atoms with Crippen molar-refractivity contribution in [3.63, 3.8) is 0 Å². The van der Waals surface area contributed by atoms with Gasteiger partial charge in [0.05, 0.1) is 29.0 Å². The maximum atomic E-state index is 12.1. The highest BCUT2D eigenvalue weighted by Crippen LogP contribution is 2.25. The zero-order valence-corrected chi connectivity index (χ0v) is 15.6. The minimum atomic E-state index is -3.57. The quantitative estimate of drug-likeness (QED) is 0.273. The van der Waals surface area contributed by atoms with Crippen LogP contribution in [-0.2, 0) is 14.3 Å². The van der Waals surface area contributed by atoms with E-state index in [9.17, 15) is 23.3 Å². The van der Waals surface area contributed by atoms with E-state index in [2.05, 4.69) is 21.2 Å². The summed E-state index contributed by atoms with van der Waals surface area (Å²) < 4.78 is 26.8. The summed E-state index contributed by atoms with van der Waals surface area (Å²) in [4.78, 5) is 24.1. The number of hydrogen-bond acceptors (Lipinski definition) is 7. The van der Waals surface area contributed by atoms with Gasteiger partial charge in [-0.15, -0.1) is 0 Å². The summed E-state index contributed by atoms with van der Waals surface area (Å²) >= 11 is 3.29. The Morgan fingerprint density at radius 3 is 2.58 bits per heavy atom. The smallest absolute Gasteiger partial charge is 0.270 e. The lowest BCUT2D eigenvalue weighted by Crippen LogP contribution is -2.32. The molecule has 0 aromatic heterocycles. The molecule has 9 nitrogen and oxygen atoms in total. The largest absolute Gasteiger partial charge is 0.368 e. The number of benzene rings is 1. The van der Waals surface area contributed by atoms with Crippen LogP contribution in [0.1, 0.15) is 10.4 Å². The molecule has 1 N–H and O–H groups in total. The molecule has 24 heavy (non-hydrogen) atoms. The number of non-ortho nitro benzene ring substituents is 1. The number of nitrogens with zero attached hydrogens (tertiary/aromatic N) is 2. The number of carbonyl (C=O) groups is 1. The highest BCUT2D eigenvalue weighted by Gasteiger charge is 2.20. The Morgan fingerprint density at radius 2 is 2.08 bits per heavy atom. The lowest BCUT2D eigenvalue weighted by Gasteiger charge is -2.25. The number of amides is 1. The van der Waals surface area contributed by atoms with E-state index in [-0.39, 0.29) is 24.4 Å². The molecule has 0 bridgehead atoms. The van der Waals surface area contributed by atoms with Crippen molar-refractivity contribution in [3.8, 4) is 0 Å². The highest BCUT2D eigenvalue weighted by molar-refractivity contribution is 9.09. The summed E-state index contributed by atoms with van der Waals surface area (Å²) in [5.41, 5.74) is 0.382. The van der Waals surface area contributed by atoms with E-state index in [4.69, 9.17) is 4.18 Å². The van der Waals surface area contributed by atoms with Gasteiger partial charge in [-0.3, -0.25) is 19.1 Å². The van der Waals surface area contributed by atoms with Crippen molar-refractivity contribution in [2.75, 3.05) is 43.2 Å². The Bertz CT molecular complexity index is 710. The first-order valence-electron chi connectivity index (χ1n) is 6.85. The third-order valence-corrected chi connectivity index (χ3v) is 3.97. The van der Waals surface area contributed by atoms with Crippen LogP contribution in [0.25, 0.3) is 0 Å². The fraction of sp³-hybridized carbons (Fsp3) is 0.462. The van der Waals surface area contributed by atoms with E-state index >= 15 is 0 Å². The average molecular weight is 424 g/mol. The van der Waals surface area contributed by atoms with Gasteiger partial charge >= 0.3 is 0 Å². The first kappa shape index (κ1) is 20.3. The van der Waals surface area contributed by atoms with Crippen molar-refractivity contribution >= 4 is 43.3 Å². The van der Waals surface area contributed by atoms with Gasteiger partial charge in [-0.1, -0.05) is 15.9 Å². The number of halogens is 1. The van der Waals surface area contributed by atoms with Crippen LogP contribution in [0.3, 0.4) is 0 Å².